The maximum Gasteiger partial charge on any atom is 0.277 e. The molecule has 1 saturated heterocycles. The van der Waals surface area contributed by atoms with Crippen LogP contribution in [-0.2, 0) is 0 Å². The molecule has 0 bridgehead atoms. The molecule has 0 spiro atoms. The van der Waals surface area contributed by atoms with Gasteiger partial charge in [0.15, 0.2) is 11.5 Å². The van der Waals surface area contributed by atoms with Crippen molar-refractivity contribution in [2.75, 3.05) is 30.4 Å². The van der Waals surface area contributed by atoms with Crippen LogP contribution in [0.1, 0.15) is 29.8 Å². The van der Waals surface area contributed by atoms with E-state index in [0.29, 0.717) is 23.0 Å². The van der Waals surface area contributed by atoms with Crippen molar-refractivity contribution in [3.05, 3.63) is 48.4 Å². The Kier molecular flexibility index (Phi) is 4.82. The molecule has 0 aliphatic carbocycles. The maximum atomic E-state index is 12.6. The van der Waals surface area contributed by atoms with Crippen molar-refractivity contribution in [3.63, 3.8) is 0 Å². The monoisotopic (exact) mass is 367 g/mol. The van der Waals surface area contributed by atoms with E-state index < -0.39 is 0 Å². The molecule has 0 radical (unpaired) electrons. The predicted octanol–water partition coefficient (Wildman–Crippen LogP) is 4.19. The summed E-state index contributed by atoms with van der Waals surface area (Å²) in [5, 5.41) is 6.71. The van der Waals surface area contributed by atoms with Gasteiger partial charge in [-0.3, -0.25) is 4.79 Å². The van der Waals surface area contributed by atoms with Crippen LogP contribution in [0.3, 0.4) is 0 Å². The average Bonchev–Trinajstić information content (AvgIpc) is 3.40. The number of methoxy groups -OCH3 is 1. The standard InChI is InChI=1S/C20H21N3O4/c1-25-17-8-7-14(23-9-3-2-4-10-23)12-15(17)21-20(24)16-13-19(27-22-16)18-6-5-11-26-18/h5-8,11-13H,2-4,9-10H2,1H3,(H,21,24). The van der Waals surface area contributed by atoms with Crippen LogP contribution in [0.5, 0.6) is 5.75 Å². The van der Waals surface area contributed by atoms with Crippen LogP contribution < -0.4 is 15.0 Å². The van der Waals surface area contributed by atoms with Gasteiger partial charge in [0.1, 0.15) is 5.75 Å². The highest BCUT2D eigenvalue weighted by Crippen LogP contribution is 2.31. The minimum atomic E-state index is -0.370. The Morgan fingerprint density at radius 2 is 2.00 bits per heavy atom. The summed E-state index contributed by atoms with van der Waals surface area (Å²) in [6, 6.07) is 10.9. The smallest absolute Gasteiger partial charge is 0.277 e. The summed E-state index contributed by atoms with van der Waals surface area (Å²) >= 11 is 0. The zero-order valence-electron chi connectivity index (χ0n) is 15.1. The van der Waals surface area contributed by atoms with Gasteiger partial charge >= 0.3 is 0 Å². The molecule has 1 aromatic carbocycles. The number of hydrogen-bond acceptors (Lipinski definition) is 6. The molecule has 27 heavy (non-hydrogen) atoms. The van der Waals surface area contributed by atoms with Crippen LogP contribution in [0.2, 0.25) is 0 Å². The van der Waals surface area contributed by atoms with Gasteiger partial charge in [0, 0.05) is 24.8 Å². The molecule has 1 aliphatic rings. The van der Waals surface area contributed by atoms with Crippen molar-refractivity contribution in [1.29, 1.82) is 0 Å². The lowest BCUT2D eigenvalue weighted by atomic mass is 10.1. The lowest BCUT2D eigenvalue weighted by Crippen LogP contribution is -2.29. The fourth-order valence-electron chi connectivity index (χ4n) is 3.25. The molecule has 1 aliphatic heterocycles. The van der Waals surface area contributed by atoms with E-state index in [-0.39, 0.29) is 11.6 Å². The van der Waals surface area contributed by atoms with Gasteiger partial charge in [-0.25, -0.2) is 0 Å². The van der Waals surface area contributed by atoms with Crippen molar-refractivity contribution >= 4 is 17.3 Å². The lowest BCUT2D eigenvalue weighted by Gasteiger charge is -2.29. The Hall–Kier alpha value is -3.22. The molecule has 0 unspecified atom stereocenters. The molecular weight excluding hydrogens is 346 g/mol. The SMILES string of the molecule is COc1ccc(N2CCCCC2)cc1NC(=O)c1cc(-c2ccco2)on1. The quantitative estimate of drug-likeness (QED) is 0.728. The summed E-state index contributed by atoms with van der Waals surface area (Å²) < 4.78 is 15.9. The molecular formula is C20H21N3O4. The third-order valence-electron chi connectivity index (χ3n) is 4.66. The third-order valence-corrected chi connectivity index (χ3v) is 4.66. The Balaban J connectivity index is 1.54. The van der Waals surface area contributed by atoms with E-state index in [1.807, 2.05) is 18.2 Å². The largest absolute Gasteiger partial charge is 0.495 e. The summed E-state index contributed by atoms with van der Waals surface area (Å²) in [7, 11) is 1.58. The number of hydrogen-bond donors (Lipinski definition) is 1. The minimum Gasteiger partial charge on any atom is -0.495 e. The van der Waals surface area contributed by atoms with Crippen LogP contribution in [0, 0.1) is 0 Å². The van der Waals surface area contributed by atoms with Crippen LogP contribution in [0.15, 0.2) is 51.6 Å². The van der Waals surface area contributed by atoms with Crippen molar-refractivity contribution in [3.8, 4) is 17.3 Å². The maximum absolute atomic E-state index is 12.6. The number of nitrogens with zero attached hydrogens (tertiary/aromatic N) is 2. The van der Waals surface area contributed by atoms with Crippen LogP contribution in [-0.4, -0.2) is 31.3 Å². The Morgan fingerprint density at radius 3 is 2.74 bits per heavy atom. The molecule has 1 amide bonds. The molecule has 7 nitrogen and oxygen atoms in total. The van der Waals surface area contributed by atoms with Crippen LogP contribution in [0.4, 0.5) is 11.4 Å². The van der Waals surface area contributed by atoms with E-state index in [4.69, 9.17) is 13.7 Å². The highest BCUT2D eigenvalue weighted by atomic mass is 16.5. The first-order valence-corrected chi connectivity index (χ1v) is 8.99. The first kappa shape index (κ1) is 17.2. The Morgan fingerprint density at radius 1 is 1.15 bits per heavy atom. The Labute approximate surface area is 156 Å². The van der Waals surface area contributed by atoms with Crippen molar-refractivity contribution in [2.45, 2.75) is 19.3 Å². The third kappa shape index (κ3) is 3.67. The number of carbonyl (C=O) groups is 1. The number of rotatable bonds is 5. The highest BCUT2D eigenvalue weighted by molar-refractivity contribution is 6.04. The second-order valence-corrected chi connectivity index (χ2v) is 6.44. The van der Waals surface area contributed by atoms with Crippen molar-refractivity contribution < 1.29 is 18.5 Å². The van der Waals surface area contributed by atoms with Gasteiger partial charge in [-0.2, -0.15) is 0 Å². The van der Waals surface area contributed by atoms with Gasteiger partial charge in [0.05, 0.1) is 19.1 Å². The molecule has 140 valence electrons. The minimum absolute atomic E-state index is 0.173. The van der Waals surface area contributed by atoms with E-state index in [1.54, 1.807) is 25.3 Å². The summed E-state index contributed by atoms with van der Waals surface area (Å²) in [4.78, 5) is 14.9. The molecule has 7 heteroatoms. The number of nitrogens with one attached hydrogen (secondary N) is 1. The molecule has 4 rings (SSSR count). The number of anilines is 2. The molecule has 2 aromatic heterocycles. The summed E-state index contributed by atoms with van der Waals surface area (Å²) in [5.41, 5.74) is 1.85. The first-order chi connectivity index (χ1) is 13.2. The van der Waals surface area contributed by atoms with Gasteiger partial charge in [-0.1, -0.05) is 5.16 Å². The van der Waals surface area contributed by atoms with Crippen molar-refractivity contribution in [1.82, 2.24) is 5.16 Å². The zero-order valence-corrected chi connectivity index (χ0v) is 15.1. The second-order valence-electron chi connectivity index (χ2n) is 6.44. The number of piperidine rings is 1. The van der Waals surface area contributed by atoms with Crippen molar-refractivity contribution in [2.24, 2.45) is 0 Å². The summed E-state index contributed by atoms with van der Waals surface area (Å²) in [5.74, 6) is 1.15. The van der Waals surface area contributed by atoms with Crippen LogP contribution in [0.25, 0.3) is 11.5 Å². The molecule has 3 heterocycles. The molecule has 3 aromatic rings. The van der Waals surface area contributed by atoms with Gasteiger partial charge in [0.2, 0.25) is 5.76 Å². The summed E-state index contributed by atoms with van der Waals surface area (Å²) in [6.45, 7) is 2.05. The average molecular weight is 367 g/mol. The molecule has 1 fully saturated rings. The van der Waals surface area contributed by atoms with E-state index in [9.17, 15) is 4.79 Å². The molecule has 1 N–H and O–H groups in total. The molecule has 0 saturated carbocycles. The van der Waals surface area contributed by atoms with Gasteiger partial charge in [-0.05, 0) is 49.6 Å². The number of ether oxygens (including phenoxy) is 1. The van der Waals surface area contributed by atoms with Crippen LogP contribution >= 0.6 is 0 Å². The lowest BCUT2D eigenvalue weighted by molar-refractivity contribution is 0.101. The number of furan rings is 1. The topological polar surface area (TPSA) is 80.7 Å². The fraction of sp³-hybridized carbons (Fsp3) is 0.300. The predicted molar refractivity (Wildman–Crippen MR) is 101 cm³/mol. The zero-order chi connectivity index (χ0) is 18.6. The van der Waals surface area contributed by atoms with Gasteiger partial charge in [0.25, 0.3) is 5.91 Å². The first-order valence-electron chi connectivity index (χ1n) is 8.99. The van der Waals surface area contributed by atoms with Gasteiger partial charge < -0.3 is 23.9 Å². The van der Waals surface area contributed by atoms with E-state index in [1.165, 1.54) is 25.5 Å². The number of amides is 1. The Bertz CT molecular complexity index is 911. The van der Waals surface area contributed by atoms with E-state index >= 15 is 0 Å². The second kappa shape index (κ2) is 7.57. The highest BCUT2D eigenvalue weighted by Gasteiger charge is 2.18. The normalized spacial score (nSPS) is 14.2. The van der Waals surface area contributed by atoms with E-state index in [2.05, 4.69) is 15.4 Å². The van der Waals surface area contributed by atoms with E-state index in [0.717, 1.165) is 18.8 Å². The van der Waals surface area contributed by atoms with Gasteiger partial charge in [-0.15, -0.1) is 0 Å². The fourth-order valence-corrected chi connectivity index (χ4v) is 3.25. The number of benzene rings is 1. The molecule has 0 atom stereocenters. The number of aromatic nitrogens is 1. The summed E-state index contributed by atoms with van der Waals surface area (Å²) in [6.07, 6.45) is 5.17. The number of carbonyl (C=O) groups excluding carboxylic acids is 1.